The van der Waals surface area contributed by atoms with Crippen molar-refractivity contribution < 1.29 is 4.74 Å². The summed E-state index contributed by atoms with van der Waals surface area (Å²) in [6, 6.07) is 0.494. The van der Waals surface area contributed by atoms with Crippen molar-refractivity contribution in [3.05, 3.63) is 0 Å². The van der Waals surface area contributed by atoms with Crippen LogP contribution in [-0.2, 0) is 4.74 Å². The minimum Gasteiger partial charge on any atom is -0.379 e. The Hall–Kier alpha value is -0.0800. The predicted molar refractivity (Wildman–Crippen MR) is 69.7 cm³/mol. The number of nitrogens with one attached hydrogen (secondary N) is 1. The number of methoxy groups -OCH3 is 1. The summed E-state index contributed by atoms with van der Waals surface area (Å²) >= 11 is 0. The zero-order chi connectivity index (χ0) is 12.2. The third-order valence-corrected chi connectivity index (χ3v) is 3.91. The molecule has 1 N–H and O–H groups in total. The molecule has 1 rings (SSSR count). The van der Waals surface area contributed by atoms with Crippen LogP contribution in [0.2, 0.25) is 0 Å². The fraction of sp³-hybridized carbons (Fsp3) is 1.00. The normalized spacial score (nSPS) is 22.3. The molecule has 1 fully saturated rings. The Morgan fingerprint density at radius 3 is 2.19 bits per heavy atom. The molecule has 0 aromatic rings. The summed E-state index contributed by atoms with van der Waals surface area (Å²) in [6.45, 7) is 6.79. The van der Waals surface area contributed by atoms with Crippen LogP contribution in [0.1, 0.15) is 52.9 Å². The lowest BCUT2D eigenvalue weighted by molar-refractivity contribution is -0.0149. The number of hydrogen-bond acceptors (Lipinski definition) is 2. The van der Waals surface area contributed by atoms with Gasteiger partial charge in [-0.05, 0) is 24.8 Å². The van der Waals surface area contributed by atoms with E-state index in [1.54, 1.807) is 0 Å². The van der Waals surface area contributed by atoms with E-state index in [1.807, 2.05) is 7.11 Å². The van der Waals surface area contributed by atoms with Gasteiger partial charge in [0.15, 0.2) is 0 Å². The van der Waals surface area contributed by atoms with Crippen LogP contribution in [0.25, 0.3) is 0 Å². The molecule has 1 saturated carbocycles. The van der Waals surface area contributed by atoms with E-state index in [2.05, 4.69) is 33.1 Å². The summed E-state index contributed by atoms with van der Waals surface area (Å²) in [5, 5.41) is 3.46. The smallest absolute Gasteiger partial charge is 0.0772 e. The fourth-order valence-electron chi connectivity index (χ4n) is 3.12. The van der Waals surface area contributed by atoms with Crippen LogP contribution in [0.3, 0.4) is 0 Å². The van der Waals surface area contributed by atoms with Gasteiger partial charge in [-0.2, -0.15) is 0 Å². The molecule has 0 amide bonds. The highest BCUT2D eigenvalue weighted by Gasteiger charge is 2.33. The first kappa shape index (κ1) is 14.0. The van der Waals surface area contributed by atoms with Crippen LogP contribution >= 0.6 is 0 Å². The molecule has 0 radical (unpaired) electrons. The Bertz CT molecular complexity index is 191. The van der Waals surface area contributed by atoms with Gasteiger partial charge >= 0.3 is 0 Å². The van der Waals surface area contributed by atoms with Gasteiger partial charge in [-0.3, -0.25) is 0 Å². The second kappa shape index (κ2) is 6.02. The molecule has 1 aliphatic carbocycles. The summed E-state index contributed by atoms with van der Waals surface area (Å²) in [5.74, 6) is 0.914. The van der Waals surface area contributed by atoms with Crippen LogP contribution in [0.5, 0.6) is 0 Å². The zero-order valence-corrected chi connectivity index (χ0v) is 11.7. The van der Waals surface area contributed by atoms with E-state index in [-0.39, 0.29) is 5.41 Å². The summed E-state index contributed by atoms with van der Waals surface area (Å²) in [4.78, 5) is 0. The zero-order valence-electron chi connectivity index (χ0n) is 11.7. The standard InChI is InChI=1S/C14H29NO/c1-14(2,3)13(16-5)12(15-4)10-11-8-6-7-9-11/h11-13,15H,6-10H2,1-5H3. The highest BCUT2D eigenvalue weighted by molar-refractivity contribution is 4.87. The van der Waals surface area contributed by atoms with Crippen LogP contribution in [0.4, 0.5) is 0 Å². The Kier molecular flexibility index (Phi) is 5.26. The van der Waals surface area contributed by atoms with E-state index in [4.69, 9.17) is 4.74 Å². The van der Waals surface area contributed by atoms with Gasteiger partial charge in [-0.15, -0.1) is 0 Å². The molecule has 2 heteroatoms. The van der Waals surface area contributed by atoms with Crippen molar-refractivity contribution >= 4 is 0 Å². The maximum atomic E-state index is 5.72. The molecule has 1 aliphatic rings. The van der Waals surface area contributed by atoms with Gasteiger partial charge in [-0.25, -0.2) is 0 Å². The highest BCUT2D eigenvalue weighted by atomic mass is 16.5. The number of likely N-dealkylation sites (N-methyl/N-ethyl adjacent to an activating group) is 1. The quantitative estimate of drug-likeness (QED) is 0.778. The average Bonchev–Trinajstić information content (AvgIpc) is 2.67. The van der Waals surface area contributed by atoms with E-state index in [1.165, 1.54) is 32.1 Å². The van der Waals surface area contributed by atoms with Crippen molar-refractivity contribution in [3.63, 3.8) is 0 Å². The molecule has 0 saturated heterocycles. The summed E-state index contributed by atoms with van der Waals surface area (Å²) in [6.07, 6.45) is 7.25. The van der Waals surface area contributed by atoms with Crippen molar-refractivity contribution in [2.45, 2.75) is 65.0 Å². The first-order valence-electron chi connectivity index (χ1n) is 6.69. The molecular formula is C14H29NO. The number of rotatable bonds is 5. The van der Waals surface area contributed by atoms with Crippen LogP contribution < -0.4 is 5.32 Å². The molecule has 96 valence electrons. The summed E-state index contributed by atoms with van der Waals surface area (Å²) in [7, 11) is 3.91. The largest absolute Gasteiger partial charge is 0.379 e. The van der Waals surface area contributed by atoms with Crippen molar-refractivity contribution in [3.8, 4) is 0 Å². The predicted octanol–water partition coefficient (Wildman–Crippen LogP) is 3.22. The van der Waals surface area contributed by atoms with Crippen LogP contribution in [0, 0.1) is 11.3 Å². The van der Waals surface area contributed by atoms with Crippen molar-refractivity contribution in [1.29, 1.82) is 0 Å². The summed E-state index contributed by atoms with van der Waals surface area (Å²) in [5.41, 5.74) is 0.209. The van der Waals surface area contributed by atoms with Gasteiger partial charge in [0.05, 0.1) is 6.10 Å². The molecule has 0 aromatic carbocycles. The Morgan fingerprint density at radius 2 is 1.81 bits per heavy atom. The number of hydrogen-bond donors (Lipinski definition) is 1. The van der Waals surface area contributed by atoms with Gasteiger partial charge in [0.1, 0.15) is 0 Å². The number of ether oxygens (including phenoxy) is 1. The van der Waals surface area contributed by atoms with E-state index in [0.717, 1.165) is 5.92 Å². The molecule has 0 aliphatic heterocycles. The molecule has 2 unspecified atom stereocenters. The Labute approximate surface area is 101 Å². The minimum atomic E-state index is 0.209. The lowest BCUT2D eigenvalue weighted by Crippen LogP contribution is -2.47. The Morgan fingerprint density at radius 1 is 1.25 bits per heavy atom. The van der Waals surface area contributed by atoms with E-state index >= 15 is 0 Å². The SMILES string of the molecule is CNC(CC1CCCC1)C(OC)C(C)(C)C. The molecule has 0 heterocycles. The molecular weight excluding hydrogens is 198 g/mol. The average molecular weight is 227 g/mol. The third-order valence-electron chi connectivity index (χ3n) is 3.91. The lowest BCUT2D eigenvalue weighted by atomic mass is 9.81. The molecule has 0 spiro atoms. The third kappa shape index (κ3) is 3.74. The topological polar surface area (TPSA) is 21.3 Å². The minimum absolute atomic E-state index is 0.209. The lowest BCUT2D eigenvalue weighted by Gasteiger charge is -2.37. The van der Waals surface area contributed by atoms with Gasteiger partial charge in [0.2, 0.25) is 0 Å². The molecule has 2 atom stereocenters. The van der Waals surface area contributed by atoms with Crippen molar-refractivity contribution in [2.24, 2.45) is 11.3 Å². The van der Waals surface area contributed by atoms with E-state index < -0.39 is 0 Å². The molecule has 0 bridgehead atoms. The van der Waals surface area contributed by atoms with Crippen molar-refractivity contribution in [2.75, 3.05) is 14.2 Å². The van der Waals surface area contributed by atoms with Crippen LogP contribution in [-0.4, -0.2) is 26.3 Å². The van der Waals surface area contributed by atoms with Gasteiger partial charge < -0.3 is 10.1 Å². The first-order chi connectivity index (χ1) is 7.49. The molecule has 16 heavy (non-hydrogen) atoms. The highest BCUT2D eigenvalue weighted by Crippen LogP contribution is 2.33. The van der Waals surface area contributed by atoms with Gasteiger partial charge in [0, 0.05) is 13.2 Å². The van der Waals surface area contributed by atoms with Crippen LogP contribution in [0.15, 0.2) is 0 Å². The molecule has 2 nitrogen and oxygen atoms in total. The second-order valence-corrected chi connectivity index (χ2v) is 6.30. The van der Waals surface area contributed by atoms with Gasteiger partial charge in [0.25, 0.3) is 0 Å². The maximum Gasteiger partial charge on any atom is 0.0772 e. The summed E-state index contributed by atoms with van der Waals surface area (Å²) < 4.78 is 5.72. The van der Waals surface area contributed by atoms with E-state index in [0.29, 0.717) is 12.1 Å². The first-order valence-corrected chi connectivity index (χ1v) is 6.69. The Balaban J connectivity index is 2.56. The van der Waals surface area contributed by atoms with Gasteiger partial charge in [-0.1, -0.05) is 46.5 Å². The van der Waals surface area contributed by atoms with E-state index in [9.17, 15) is 0 Å². The molecule has 0 aromatic heterocycles. The maximum absolute atomic E-state index is 5.72. The monoisotopic (exact) mass is 227 g/mol. The second-order valence-electron chi connectivity index (χ2n) is 6.30. The van der Waals surface area contributed by atoms with Crippen molar-refractivity contribution in [1.82, 2.24) is 5.32 Å². The fourth-order valence-corrected chi connectivity index (χ4v) is 3.12.